The van der Waals surface area contributed by atoms with Crippen LogP contribution in [-0.4, -0.2) is 51.5 Å². The van der Waals surface area contributed by atoms with Crippen LogP contribution in [0.5, 0.6) is 23.0 Å². The summed E-state index contributed by atoms with van der Waals surface area (Å²) in [4.78, 5) is 23.9. The topological polar surface area (TPSA) is 92.3 Å². The lowest BCUT2D eigenvalue weighted by Gasteiger charge is -2.26. The molecular formula is C23H25NO7. The van der Waals surface area contributed by atoms with Crippen LogP contribution in [-0.2, 0) is 14.3 Å². The van der Waals surface area contributed by atoms with Crippen molar-refractivity contribution in [3.8, 4) is 23.0 Å². The average Bonchev–Trinajstić information content (AvgIpc) is 2.80. The van der Waals surface area contributed by atoms with E-state index >= 15 is 0 Å². The van der Waals surface area contributed by atoms with Crippen molar-refractivity contribution in [3.63, 3.8) is 0 Å². The molecule has 0 aliphatic carbocycles. The molecule has 164 valence electrons. The maximum atomic E-state index is 12.0. The van der Waals surface area contributed by atoms with Gasteiger partial charge in [0.15, 0.2) is 29.6 Å². The van der Waals surface area contributed by atoms with Crippen LogP contribution in [0.4, 0.5) is 0 Å². The van der Waals surface area contributed by atoms with Crippen LogP contribution in [0.1, 0.15) is 12.5 Å². The SMILES string of the molecule is CCOc1ccc(/C=C/C(=O)OCC(=O)NCC2COc3ccccc3O2)cc1OC. The Labute approximate surface area is 180 Å². The molecule has 1 aliphatic heterocycles. The lowest BCUT2D eigenvalue weighted by Crippen LogP contribution is -2.42. The minimum absolute atomic E-state index is 0.243. The summed E-state index contributed by atoms with van der Waals surface area (Å²) in [5, 5.41) is 2.67. The average molecular weight is 427 g/mol. The van der Waals surface area contributed by atoms with E-state index in [1.165, 1.54) is 6.08 Å². The van der Waals surface area contributed by atoms with Gasteiger partial charge in [-0.3, -0.25) is 4.79 Å². The molecule has 1 atom stereocenters. The van der Waals surface area contributed by atoms with Crippen molar-refractivity contribution >= 4 is 18.0 Å². The number of carbonyl (C=O) groups is 2. The van der Waals surface area contributed by atoms with E-state index in [1.807, 2.05) is 25.1 Å². The number of ether oxygens (including phenoxy) is 5. The fourth-order valence-electron chi connectivity index (χ4n) is 2.85. The second kappa shape index (κ2) is 10.9. The number of esters is 1. The third-order valence-corrected chi connectivity index (χ3v) is 4.34. The Hall–Kier alpha value is -3.68. The first-order chi connectivity index (χ1) is 15.1. The molecule has 1 aliphatic rings. The van der Waals surface area contributed by atoms with Gasteiger partial charge in [0.25, 0.3) is 5.91 Å². The summed E-state index contributed by atoms with van der Waals surface area (Å²) < 4.78 is 27.1. The summed E-state index contributed by atoms with van der Waals surface area (Å²) in [7, 11) is 1.54. The quantitative estimate of drug-likeness (QED) is 0.486. The van der Waals surface area contributed by atoms with E-state index in [0.717, 1.165) is 5.56 Å². The van der Waals surface area contributed by atoms with E-state index in [9.17, 15) is 9.59 Å². The number of carbonyl (C=O) groups excluding carboxylic acids is 2. The van der Waals surface area contributed by atoms with Crippen LogP contribution >= 0.6 is 0 Å². The molecule has 0 radical (unpaired) electrons. The zero-order valence-corrected chi connectivity index (χ0v) is 17.5. The number of benzene rings is 2. The Morgan fingerprint density at radius 2 is 1.97 bits per heavy atom. The van der Waals surface area contributed by atoms with Gasteiger partial charge in [0.05, 0.1) is 20.3 Å². The third-order valence-electron chi connectivity index (χ3n) is 4.34. The van der Waals surface area contributed by atoms with Crippen molar-refractivity contribution in [1.82, 2.24) is 5.32 Å². The van der Waals surface area contributed by atoms with E-state index < -0.39 is 11.9 Å². The smallest absolute Gasteiger partial charge is 0.331 e. The van der Waals surface area contributed by atoms with Crippen LogP contribution in [0, 0.1) is 0 Å². The molecule has 3 rings (SSSR count). The predicted molar refractivity (Wildman–Crippen MR) is 114 cm³/mol. The van der Waals surface area contributed by atoms with Gasteiger partial charge in [-0.1, -0.05) is 18.2 Å². The molecule has 1 heterocycles. The molecule has 31 heavy (non-hydrogen) atoms. The van der Waals surface area contributed by atoms with Gasteiger partial charge in [0, 0.05) is 6.08 Å². The Kier molecular flexibility index (Phi) is 7.75. The van der Waals surface area contributed by atoms with E-state index in [2.05, 4.69) is 5.32 Å². The van der Waals surface area contributed by atoms with Gasteiger partial charge in [-0.2, -0.15) is 0 Å². The van der Waals surface area contributed by atoms with Crippen LogP contribution in [0.2, 0.25) is 0 Å². The van der Waals surface area contributed by atoms with Crippen LogP contribution < -0.4 is 24.3 Å². The highest BCUT2D eigenvalue weighted by Gasteiger charge is 2.21. The van der Waals surface area contributed by atoms with Gasteiger partial charge in [-0.25, -0.2) is 4.79 Å². The largest absolute Gasteiger partial charge is 0.493 e. The zero-order valence-electron chi connectivity index (χ0n) is 17.5. The zero-order chi connectivity index (χ0) is 22.1. The summed E-state index contributed by atoms with van der Waals surface area (Å²) in [5.41, 5.74) is 0.733. The molecule has 2 aromatic rings. The van der Waals surface area contributed by atoms with Crippen molar-refractivity contribution in [2.24, 2.45) is 0 Å². The van der Waals surface area contributed by atoms with Crippen molar-refractivity contribution in [2.45, 2.75) is 13.0 Å². The van der Waals surface area contributed by atoms with Gasteiger partial charge in [0.1, 0.15) is 12.7 Å². The molecule has 0 saturated heterocycles. The van der Waals surface area contributed by atoms with Gasteiger partial charge in [0.2, 0.25) is 0 Å². The number of rotatable bonds is 9. The lowest BCUT2D eigenvalue weighted by atomic mass is 10.2. The Balaban J connectivity index is 1.41. The number of methoxy groups -OCH3 is 1. The second-order valence-corrected chi connectivity index (χ2v) is 6.59. The van der Waals surface area contributed by atoms with Crippen LogP contribution in [0.25, 0.3) is 6.08 Å². The highest BCUT2D eigenvalue weighted by atomic mass is 16.6. The number of para-hydroxylation sites is 2. The highest BCUT2D eigenvalue weighted by molar-refractivity contribution is 5.89. The van der Waals surface area contributed by atoms with Gasteiger partial charge in [-0.05, 0) is 42.8 Å². The second-order valence-electron chi connectivity index (χ2n) is 6.59. The first-order valence-electron chi connectivity index (χ1n) is 9.90. The number of hydrogen-bond donors (Lipinski definition) is 1. The molecular weight excluding hydrogens is 402 g/mol. The van der Waals surface area contributed by atoms with Crippen LogP contribution in [0.3, 0.4) is 0 Å². The van der Waals surface area contributed by atoms with Crippen molar-refractivity contribution in [1.29, 1.82) is 0 Å². The van der Waals surface area contributed by atoms with Crippen LogP contribution in [0.15, 0.2) is 48.5 Å². The monoisotopic (exact) mass is 427 g/mol. The highest BCUT2D eigenvalue weighted by Crippen LogP contribution is 2.30. The van der Waals surface area contributed by atoms with E-state index in [-0.39, 0.29) is 19.3 Å². The molecule has 1 N–H and O–H groups in total. The number of nitrogens with one attached hydrogen (secondary N) is 1. The summed E-state index contributed by atoms with van der Waals surface area (Å²) in [6.07, 6.45) is 2.50. The van der Waals surface area contributed by atoms with Gasteiger partial charge >= 0.3 is 5.97 Å². The van der Waals surface area contributed by atoms with Crippen molar-refractivity contribution in [3.05, 3.63) is 54.1 Å². The third kappa shape index (κ3) is 6.40. The van der Waals surface area contributed by atoms with Crippen molar-refractivity contribution in [2.75, 3.05) is 33.5 Å². The molecule has 8 nitrogen and oxygen atoms in total. The maximum absolute atomic E-state index is 12.0. The standard InChI is InChI=1S/C23H25NO7/c1-3-28-19-10-8-16(12-21(19)27-2)9-11-23(26)30-15-22(25)24-13-17-14-29-18-6-4-5-7-20(18)31-17/h4-12,17H,3,13-15H2,1-2H3,(H,24,25)/b11-9+. The normalized spacial score (nSPS) is 14.7. The molecule has 1 amide bonds. The fraction of sp³-hybridized carbons (Fsp3) is 0.304. The van der Waals surface area contributed by atoms with Crippen molar-refractivity contribution < 1.29 is 33.3 Å². The first kappa shape index (κ1) is 22.0. The summed E-state index contributed by atoms with van der Waals surface area (Å²) in [6.45, 7) is 2.58. The molecule has 8 heteroatoms. The maximum Gasteiger partial charge on any atom is 0.331 e. The molecule has 0 spiro atoms. The van der Waals surface area contributed by atoms with E-state index in [1.54, 1.807) is 37.5 Å². The minimum Gasteiger partial charge on any atom is -0.493 e. The Bertz CT molecular complexity index is 941. The minimum atomic E-state index is -0.630. The lowest BCUT2D eigenvalue weighted by molar-refractivity contribution is -0.143. The number of amides is 1. The van der Waals surface area contributed by atoms with Gasteiger partial charge < -0.3 is 29.0 Å². The Morgan fingerprint density at radius 1 is 1.16 bits per heavy atom. The summed E-state index contributed by atoms with van der Waals surface area (Å²) in [6, 6.07) is 12.6. The molecule has 0 bridgehead atoms. The molecule has 0 saturated carbocycles. The number of fused-ring (bicyclic) bond motifs is 1. The molecule has 0 fully saturated rings. The fourth-order valence-corrected chi connectivity index (χ4v) is 2.85. The Morgan fingerprint density at radius 3 is 2.74 bits per heavy atom. The first-order valence-corrected chi connectivity index (χ1v) is 9.90. The van der Waals surface area contributed by atoms with Gasteiger partial charge in [-0.15, -0.1) is 0 Å². The molecule has 2 aromatic carbocycles. The summed E-state index contributed by atoms with van der Waals surface area (Å²) in [5.74, 6) is 1.44. The predicted octanol–water partition coefficient (Wildman–Crippen LogP) is 2.61. The number of hydrogen-bond acceptors (Lipinski definition) is 7. The van der Waals surface area contributed by atoms with E-state index in [4.69, 9.17) is 23.7 Å². The summed E-state index contributed by atoms with van der Waals surface area (Å²) >= 11 is 0. The molecule has 1 unspecified atom stereocenters. The molecule has 0 aromatic heterocycles. The van der Waals surface area contributed by atoms with E-state index in [0.29, 0.717) is 36.2 Å².